The lowest BCUT2D eigenvalue weighted by Crippen LogP contribution is -2.26. The summed E-state index contributed by atoms with van der Waals surface area (Å²) in [4.78, 5) is 7.26. The van der Waals surface area contributed by atoms with E-state index in [1.165, 1.54) is 22.1 Å². The Morgan fingerprint density at radius 2 is 1.86 bits per heavy atom. The molecular formula is C13H23N5O2S2. The van der Waals surface area contributed by atoms with Gasteiger partial charge in [0.05, 0.1) is 6.26 Å². The van der Waals surface area contributed by atoms with Crippen LogP contribution in [0.4, 0.5) is 5.95 Å². The van der Waals surface area contributed by atoms with Gasteiger partial charge < -0.3 is 4.90 Å². The number of aromatic nitrogens is 3. The van der Waals surface area contributed by atoms with E-state index in [1.54, 1.807) is 13.2 Å². The molecule has 0 saturated heterocycles. The Kier molecular flexibility index (Phi) is 5.76. The Morgan fingerprint density at radius 1 is 1.18 bits per heavy atom. The fourth-order valence-electron chi connectivity index (χ4n) is 2.19. The van der Waals surface area contributed by atoms with Crippen molar-refractivity contribution < 1.29 is 8.42 Å². The number of imidazole rings is 1. The highest BCUT2D eigenvalue weighted by atomic mass is 32.2. The van der Waals surface area contributed by atoms with Crippen LogP contribution in [0.25, 0.3) is 4.96 Å². The highest BCUT2D eigenvalue weighted by Gasteiger charge is 2.11. The summed E-state index contributed by atoms with van der Waals surface area (Å²) < 4.78 is 30.3. The molecule has 0 radical (unpaired) electrons. The molecule has 0 atom stereocenters. The molecular weight excluding hydrogens is 322 g/mol. The number of rotatable bonds is 9. The second-order valence-electron chi connectivity index (χ2n) is 5.48. The third kappa shape index (κ3) is 4.40. The smallest absolute Gasteiger partial charge is 0.222 e. The van der Waals surface area contributed by atoms with E-state index in [4.69, 9.17) is 0 Å². The van der Waals surface area contributed by atoms with E-state index < -0.39 is 10.0 Å². The van der Waals surface area contributed by atoms with Gasteiger partial charge in [-0.25, -0.2) is 17.7 Å². The van der Waals surface area contributed by atoms with Crippen molar-refractivity contribution >= 4 is 32.5 Å². The summed E-state index contributed by atoms with van der Waals surface area (Å²) in [5.41, 5.74) is 0. The Hall–Kier alpha value is -1.19. The van der Waals surface area contributed by atoms with E-state index >= 15 is 0 Å². The number of nitrogens with zero attached hydrogens (tertiary/aromatic N) is 5. The summed E-state index contributed by atoms with van der Waals surface area (Å²) >= 11 is 1.40. The van der Waals surface area contributed by atoms with Crippen LogP contribution >= 0.6 is 11.5 Å². The van der Waals surface area contributed by atoms with Crippen molar-refractivity contribution in [2.75, 3.05) is 38.3 Å². The zero-order chi connectivity index (χ0) is 16.2. The van der Waals surface area contributed by atoms with Crippen LogP contribution in [0.15, 0.2) is 12.4 Å². The van der Waals surface area contributed by atoms with Crippen molar-refractivity contribution in [1.29, 1.82) is 0 Å². The summed E-state index contributed by atoms with van der Waals surface area (Å²) in [6, 6.07) is 0. The van der Waals surface area contributed by atoms with Crippen LogP contribution < -0.4 is 4.90 Å². The van der Waals surface area contributed by atoms with Gasteiger partial charge in [0.1, 0.15) is 0 Å². The fraction of sp³-hybridized carbons (Fsp3) is 0.692. The topological polar surface area (TPSA) is 70.8 Å². The summed E-state index contributed by atoms with van der Waals surface area (Å²) in [6.45, 7) is 1.52. The van der Waals surface area contributed by atoms with Gasteiger partial charge in [-0.1, -0.05) is 12.8 Å². The Morgan fingerprint density at radius 3 is 2.55 bits per heavy atom. The van der Waals surface area contributed by atoms with Gasteiger partial charge in [-0.2, -0.15) is 4.37 Å². The molecule has 2 aromatic rings. The van der Waals surface area contributed by atoms with Gasteiger partial charge in [-0.05, 0) is 12.8 Å². The SMILES string of the molecule is CN(CCCCCCN(C)S(C)(=O)=O)c1nsc2nccn12. The molecule has 0 amide bonds. The Bertz CT molecular complexity index is 694. The van der Waals surface area contributed by atoms with E-state index in [0.29, 0.717) is 6.54 Å². The molecule has 0 aromatic carbocycles. The molecule has 0 bridgehead atoms. The van der Waals surface area contributed by atoms with Crippen molar-refractivity contribution in [3.63, 3.8) is 0 Å². The molecule has 0 spiro atoms. The molecule has 22 heavy (non-hydrogen) atoms. The number of anilines is 1. The lowest BCUT2D eigenvalue weighted by Gasteiger charge is -2.16. The van der Waals surface area contributed by atoms with Crippen molar-refractivity contribution in [1.82, 2.24) is 18.1 Å². The quantitative estimate of drug-likeness (QED) is 0.647. The van der Waals surface area contributed by atoms with Gasteiger partial charge in [0, 0.05) is 51.1 Å². The van der Waals surface area contributed by atoms with Crippen molar-refractivity contribution in [3.05, 3.63) is 12.4 Å². The van der Waals surface area contributed by atoms with Gasteiger partial charge in [0.15, 0.2) is 0 Å². The third-order valence-corrected chi connectivity index (χ3v) is 5.69. The van der Waals surface area contributed by atoms with E-state index in [9.17, 15) is 8.42 Å². The second-order valence-corrected chi connectivity index (χ2v) is 8.30. The Labute approximate surface area is 135 Å². The molecule has 0 aliphatic heterocycles. The Balaban J connectivity index is 1.66. The highest BCUT2D eigenvalue weighted by Crippen LogP contribution is 2.17. The normalized spacial score (nSPS) is 12.4. The monoisotopic (exact) mass is 345 g/mol. The molecule has 0 unspecified atom stereocenters. The summed E-state index contributed by atoms with van der Waals surface area (Å²) in [7, 11) is 0.616. The molecule has 0 aliphatic carbocycles. The zero-order valence-corrected chi connectivity index (χ0v) is 14.9. The van der Waals surface area contributed by atoms with Crippen LogP contribution in [0, 0.1) is 0 Å². The molecule has 0 saturated carbocycles. The predicted octanol–water partition coefficient (Wildman–Crippen LogP) is 1.68. The van der Waals surface area contributed by atoms with Gasteiger partial charge in [0.25, 0.3) is 0 Å². The number of hydrogen-bond acceptors (Lipinski definition) is 6. The average Bonchev–Trinajstić information content (AvgIpc) is 3.03. The zero-order valence-electron chi connectivity index (χ0n) is 13.3. The minimum Gasteiger partial charge on any atom is -0.344 e. The van der Waals surface area contributed by atoms with Crippen molar-refractivity contribution in [3.8, 4) is 0 Å². The first-order valence-electron chi connectivity index (χ1n) is 7.31. The molecule has 0 fully saturated rings. The fourth-order valence-corrected chi connectivity index (χ4v) is 3.38. The van der Waals surface area contributed by atoms with Gasteiger partial charge in [-0.15, -0.1) is 0 Å². The van der Waals surface area contributed by atoms with Crippen LogP contribution in [0.5, 0.6) is 0 Å². The average molecular weight is 345 g/mol. The standard InChI is InChI=1S/C13H23N5O2S2/c1-16(12-15-21-13-14-8-11-18(12)13)9-6-4-5-7-10-17(2)22(3,19)20/h8,11H,4-7,9-10H2,1-3H3. The van der Waals surface area contributed by atoms with Crippen molar-refractivity contribution in [2.45, 2.75) is 25.7 Å². The molecule has 124 valence electrons. The molecule has 2 rings (SSSR count). The highest BCUT2D eigenvalue weighted by molar-refractivity contribution is 7.88. The first-order valence-corrected chi connectivity index (χ1v) is 9.93. The third-order valence-electron chi connectivity index (χ3n) is 3.66. The van der Waals surface area contributed by atoms with Crippen LogP contribution in [-0.2, 0) is 10.0 Å². The van der Waals surface area contributed by atoms with Crippen LogP contribution in [-0.4, -0.2) is 59.9 Å². The summed E-state index contributed by atoms with van der Waals surface area (Å²) in [5, 5.41) is 0. The maximum atomic E-state index is 11.3. The number of hydrogen-bond donors (Lipinski definition) is 0. The first-order chi connectivity index (χ1) is 10.4. The van der Waals surface area contributed by atoms with Gasteiger partial charge in [-0.3, -0.25) is 4.40 Å². The maximum Gasteiger partial charge on any atom is 0.222 e. The molecule has 9 heteroatoms. The number of sulfonamides is 1. The van der Waals surface area contributed by atoms with Gasteiger partial charge in [0.2, 0.25) is 20.9 Å². The van der Waals surface area contributed by atoms with Crippen LogP contribution in [0.1, 0.15) is 25.7 Å². The second kappa shape index (κ2) is 7.38. The minimum absolute atomic E-state index is 0.594. The van der Waals surface area contributed by atoms with E-state index in [-0.39, 0.29) is 0 Å². The lowest BCUT2D eigenvalue weighted by molar-refractivity contribution is 0.454. The number of unbranched alkanes of at least 4 members (excludes halogenated alkanes) is 3. The summed E-state index contributed by atoms with van der Waals surface area (Å²) in [6.07, 6.45) is 9.02. The molecule has 2 heterocycles. The minimum atomic E-state index is -3.04. The molecule has 7 nitrogen and oxygen atoms in total. The predicted molar refractivity (Wildman–Crippen MR) is 90.1 cm³/mol. The summed E-state index contributed by atoms with van der Waals surface area (Å²) in [5.74, 6) is 0.925. The van der Waals surface area contributed by atoms with Crippen molar-refractivity contribution in [2.24, 2.45) is 0 Å². The molecule has 0 N–H and O–H groups in total. The van der Waals surface area contributed by atoms with Crippen LogP contribution in [0.3, 0.4) is 0 Å². The molecule has 0 aliphatic rings. The van der Waals surface area contributed by atoms with E-state index in [0.717, 1.165) is 43.1 Å². The van der Waals surface area contributed by atoms with E-state index in [1.807, 2.05) is 17.6 Å². The largest absolute Gasteiger partial charge is 0.344 e. The van der Waals surface area contributed by atoms with E-state index in [2.05, 4.69) is 14.3 Å². The maximum absolute atomic E-state index is 11.3. The first kappa shape index (κ1) is 17.2. The lowest BCUT2D eigenvalue weighted by atomic mass is 10.2. The van der Waals surface area contributed by atoms with Crippen LogP contribution in [0.2, 0.25) is 0 Å². The number of fused-ring (bicyclic) bond motifs is 1. The van der Waals surface area contributed by atoms with Gasteiger partial charge >= 0.3 is 0 Å². The molecule has 2 aromatic heterocycles.